The predicted molar refractivity (Wildman–Crippen MR) is 91.2 cm³/mol. The van der Waals surface area contributed by atoms with Crippen molar-refractivity contribution in [1.29, 1.82) is 0 Å². The Labute approximate surface area is 129 Å². The number of benzene rings is 3. The third-order valence-corrected chi connectivity index (χ3v) is 3.49. The average molecular weight is 285 g/mol. The van der Waals surface area contributed by atoms with Gasteiger partial charge >= 0.3 is 0 Å². The van der Waals surface area contributed by atoms with Gasteiger partial charge in [-0.05, 0) is 16.8 Å². The summed E-state index contributed by atoms with van der Waals surface area (Å²) in [5.74, 6) is -0.341. The Bertz CT molecular complexity index is 858. The minimum atomic E-state index is -0.341. The summed E-state index contributed by atoms with van der Waals surface area (Å²) < 4.78 is 0. The van der Waals surface area contributed by atoms with Gasteiger partial charge < -0.3 is 0 Å². The number of aliphatic imine (C=N–C) groups is 1. The summed E-state index contributed by atoms with van der Waals surface area (Å²) in [4.78, 5) is 16.0. The molecule has 3 aromatic carbocycles. The third-order valence-electron chi connectivity index (χ3n) is 3.49. The van der Waals surface area contributed by atoms with Crippen LogP contribution in [-0.2, 0) is 4.79 Å². The number of amides is 1. The van der Waals surface area contributed by atoms with Crippen molar-refractivity contribution in [2.75, 3.05) is 0 Å². The number of hydrogen-bond donors (Lipinski definition) is 0. The second-order valence-corrected chi connectivity index (χ2v) is 4.90. The van der Waals surface area contributed by atoms with Gasteiger partial charge in [-0.2, -0.15) is 0 Å². The molecule has 0 unspecified atom stereocenters. The molecule has 0 atom stereocenters. The van der Waals surface area contributed by atoms with E-state index in [1.807, 2.05) is 60.7 Å². The minimum absolute atomic E-state index is 0.341. The highest BCUT2D eigenvalue weighted by atomic mass is 16.1. The molecule has 3 rings (SSSR count). The molecule has 0 spiro atoms. The number of rotatable bonds is 3. The van der Waals surface area contributed by atoms with Gasteiger partial charge in [0.15, 0.2) is 0 Å². The molecule has 0 aromatic heterocycles. The van der Waals surface area contributed by atoms with E-state index in [4.69, 9.17) is 0 Å². The Morgan fingerprint density at radius 3 is 2.32 bits per heavy atom. The van der Waals surface area contributed by atoms with Crippen LogP contribution in [0.15, 0.2) is 90.4 Å². The highest BCUT2D eigenvalue weighted by molar-refractivity contribution is 6.22. The Morgan fingerprint density at radius 2 is 1.55 bits per heavy atom. The summed E-state index contributed by atoms with van der Waals surface area (Å²) in [7, 11) is 0. The Hall–Kier alpha value is -3.00. The van der Waals surface area contributed by atoms with Gasteiger partial charge in [0.2, 0.25) is 0 Å². The smallest absolute Gasteiger partial charge is 0.267 e. The fourth-order valence-electron chi connectivity index (χ4n) is 2.46. The second kappa shape index (κ2) is 6.19. The molecule has 0 radical (unpaired) electrons. The fourth-order valence-corrected chi connectivity index (χ4v) is 2.46. The van der Waals surface area contributed by atoms with Crippen molar-refractivity contribution in [2.45, 2.75) is 0 Å². The molecule has 0 fully saturated rings. The van der Waals surface area contributed by atoms with E-state index in [1.165, 1.54) is 6.08 Å². The largest absolute Gasteiger partial charge is 0.269 e. The predicted octanol–water partition coefficient (Wildman–Crippen LogP) is 4.39. The zero-order valence-electron chi connectivity index (χ0n) is 12.1. The van der Waals surface area contributed by atoms with Crippen molar-refractivity contribution < 1.29 is 4.79 Å². The molecular formula is C20H15NO. The lowest BCUT2D eigenvalue weighted by atomic mass is 9.96. The van der Waals surface area contributed by atoms with E-state index in [1.54, 1.807) is 0 Å². The maximum Gasteiger partial charge on any atom is 0.269 e. The van der Waals surface area contributed by atoms with Crippen LogP contribution in [0, 0.1) is 0 Å². The van der Waals surface area contributed by atoms with Crippen molar-refractivity contribution in [1.82, 2.24) is 0 Å². The molecule has 0 heterocycles. The Kier molecular flexibility index (Phi) is 3.92. The zero-order chi connectivity index (χ0) is 15.4. The van der Waals surface area contributed by atoms with E-state index in [0.717, 1.165) is 21.9 Å². The molecule has 3 aromatic rings. The van der Waals surface area contributed by atoms with Crippen LogP contribution in [0.25, 0.3) is 10.8 Å². The van der Waals surface area contributed by atoms with Crippen LogP contribution in [0.5, 0.6) is 0 Å². The van der Waals surface area contributed by atoms with Gasteiger partial charge in [0.25, 0.3) is 5.91 Å². The monoisotopic (exact) mass is 285 g/mol. The lowest BCUT2D eigenvalue weighted by Crippen LogP contribution is -2.07. The topological polar surface area (TPSA) is 29.4 Å². The summed E-state index contributed by atoms with van der Waals surface area (Å²) in [5.41, 5.74) is 2.52. The first kappa shape index (κ1) is 14.0. The van der Waals surface area contributed by atoms with Crippen molar-refractivity contribution in [2.24, 2.45) is 4.99 Å². The number of fused-ring (bicyclic) bond motifs is 1. The highest BCUT2D eigenvalue weighted by Gasteiger charge is 2.11. The summed E-state index contributed by atoms with van der Waals surface area (Å²) >= 11 is 0. The van der Waals surface area contributed by atoms with E-state index in [-0.39, 0.29) is 5.91 Å². The van der Waals surface area contributed by atoms with Crippen LogP contribution < -0.4 is 0 Å². The Morgan fingerprint density at radius 1 is 0.864 bits per heavy atom. The van der Waals surface area contributed by atoms with E-state index in [0.29, 0.717) is 5.71 Å². The standard InChI is InChI=1S/C20H15NO/c1-2-19(22)21-20(16-10-4-3-5-11-16)18-14-8-12-15-9-6-7-13-17(15)18/h2-14H,1H2. The minimum Gasteiger partial charge on any atom is -0.267 e. The fraction of sp³-hybridized carbons (Fsp3) is 0. The lowest BCUT2D eigenvalue weighted by molar-refractivity contribution is -0.113. The van der Waals surface area contributed by atoms with Crippen LogP contribution in [0.4, 0.5) is 0 Å². The molecule has 0 aliphatic carbocycles. The second-order valence-electron chi connectivity index (χ2n) is 4.90. The molecule has 22 heavy (non-hydrogen) atoms. The molecular weight excluding hydrogens is 270 g/mol. The van der Waals surface area contributed by atoms with Crippen molar-refractivity contribution in [3.05, 3.63) is 96.6 Å². The van der Waals surface area contributed by atoms with E-state index < -0.39 is 0 Å². The summed E-state index contributed by atoms with van der Waals surface area (Å²) in [6.45, 7) is 3.51. The first-order chi connectivity index (χ1) is 10.8. The number of hydrogen-bond acceptors (Lipinski definition) is 1. The van der Waals surface area contributed by atoms with Gasteiger partial charge in [-0.3, -0.25) is 4.79 Å². The van der Waals surface area contributed by atoms with Gasteiger partial charge in [-0.15, -0.1) is 0 Å². The third kappa shape index (κ3) is 2.72. The first-order valence-electron chi connectivity index (χ1n) is 7.08. The SMILES string of the molecule is C=CC(=O)N=C(c1ccccc1)c1cccc2ccccc12. The van der Waals surface area contributed by atoms with Gasteiger partial charge in [0, 0.05) is 11.1 Å². The summed E-state index contributed by atoms with van der Waals surface area (Å²) in [5, 5.41) is 2.19. The van der Waals surface area contributed by atoms with Crippen LogP contribution in [-0.4, -0.2) is 11.6 Å². The molecule has 0 aliphatic heterocycles. The molecule has 0 N–H and O–H groups in total. The van der Waals surface area contributed by atoms with Crippen LogP contribution >= 0.6 is 0 Å². The van der Waals surface area contributed by atoms with Crippen molar-refractivity contribution in [3.8, 4) is 0 Å². The maximum absolute atomic E-state index is 11.8. The molecule has 1 amide bonds. The van der Waals surface area contributed by atoms with Crippen LogP contribution in [0.1, 0.15) is 11.1 Å². The lowest BCUT2D eigenvalue weighted by Gasteiger charge is -2.10. The zero-order valence-corrected chi connectivity index (χ0v) is 12.1. The van der Waals surface area contributed by atoms with Crippen molar-refractivity contribution in [3.63, 3.8) is 0 Å². The van der Waals surface area contributed by atoms with Gasteiger partial charge in [0.05, 0.1) is 5.71 Å². The molecule has 106 valence electrons. The quantitative estimate of drug-likeness (QED) is 0.518. The molecule has 0 bridgehead atoms. The average Bonchev–Trinajstić information content (AvgIpc) is 2.60. The van der Waals surface area contributed by atoms with E-state index in [2.05, 4.69) is 23.7 Å². The molecule has 2 nitrogen and oxygen atoms in total. The molecule has 0 saturated heterocycles. The van der Waals surface area contributed by atoms with Gasteiger partial charge in [-0.1, -0.05) is 79.4 Å². The Balaban J connectivity index is 2.27. The number of carbonyl (C=O) groups is 1. The highest BCUT2D eigenvalue weighted by Crippen LogP contribution is 2.22. The van der Waals surface area contributed by atoms with Crippen LogP contribution in [0.2, 0.25) is 0 Å². The normalized spacial score (nSPS) is 11.4. The molecule has 2 heteroatoms. The van der Waals surface area contributed by atoms with Gasteiger partial charge in [0.1, 0.15) is 0 Å². The summed E-state index contributed by atoms with van der Waals surface area (Å²) in [6.07, 6.45) is 1.23. The van der Waals surface area contributed by atoms with Gasteiger partial charge in [-0.25, -0.2) is 4.99 Å². The molecule has 0 saturated carbocycles. The number of nitrogens with zero attached hydrogens (tertiary/aromatic N) is 1. The maximum atomic E-state index is 11.8. The van der Waals surface area contributed by atoms with E-state index in [9.17, 15) is 4.79 Å². The molecule has 0 aliphatic rings. The first-order valence-corrected chi connectivity index (χ1v) is 7.08. The van der Waals surface area contributed by atoms with Crippen LogP contribution in [0.3, 0.4) is 0 Å². The van der Waals surface area contributed by atoms with Crippen molar-refractivity contribution >= 4 is 22.4 Å². The number of carbonyl (C=O) groups excluding carboxylic acids is 1. The van der Waals surface area contributed by atoms with E-state index >= 15 is 0 Å². The summed E-state index contributed by atoms with van der Waals surface area (Å²) in [6, 6.07) is 23.8.